The molecule has 2 nitrogen and oxygen atoms in total. The molecule has 128 valence electrons. The number of aryl methyl sites for hydroxylation is 1. The van der Waals surface area contributed by atoms with Crippen molar-refractivity contribution in [2.75, 3.05) is 0 Å². The Kier molecular flexibility index (Phi) is 3.88. The minimum Gasteiger partial charge on any atom is -0.344 e. The van der Waals surface area contributed by atoms with Crippen LogP contribution in [0.2, 0.25) is 0 Å². The van der Waals surface area contributed by atoms with Crippen molar-refractivity contribution >= 4 is 33.7 Å². The van der Waals surface area contributed by atoms with Crippen molar-refractivity contribution in [3.8, 4) is 0 Å². The van der Waals surface area contributed by atoms with E-state index in [1.54, 1.807) is 6.08 Å². The van der Waals surface area contributed by atoms with E-state index in [9.17, 15) is 13.6 Å². The third-order valence-electron chi connectivity index (χ3n) is 4.57. The lowest BCUT2D eigenvalue weighted by atomic mass is 10.1. The number of carbonyl (C=O) groups excluding carboxylic acids is 1. The standard InChI is InChI=1S/C22H15F2NO/c1-25-20-5-3-2-4-16(20)17-12-14(6-10-21(17)25)7-11-22(26)15-8-9-18(23)19(24)13-15/h2-13H,1H3/b11-7+. The molecule has 0 amide bonds. The van der Waals surface area contributed by atoms with Crippen LogP contribution in [0.5, 0.6) is 0 Å². The number of rotatable bonds is 3. The van der Waals surface area contributed by atoms with Crippen molar-refractivity contribution in [3.05, 3.63) is 89.5 Å². The van der Waals surface area contributed by atoms with E-state index in [1.807, 2.05) is 37.4 Å². The zero-order chi connectivity index (χ0) is 18.3. The summed E-state index contributed by atoms with van der Waals surface area (Å²) in [6.07, 6.45) is 3.06. The maximum absolute atomic E-state index is 13.3. The number of nitrogens with zero attached hydrogens (tertiary/aromatic N) is 1. The summed E-state index contributed by atoms with van der Waals surface area (Å²) in [6, 6.07) is 17.2. The van der Waals surface area contributed by atoms with Gasteiger partial charge in [0.25, 0.3) is 0 Å². The van der Waals surface area contributed by atoms with Crippen LogP contribution >= 0.6 is 0 Å². The lowest BCUT2D eigenvalue weighted by molar-refractivity contribution is 0.104. The Labute approximate surface area is 149 Å². The Morgan fingerprint density at radius 1 is 0.885 bits per heavy atom. The highest BCUT2D eigenvalue weighted by molar-refractivity contribution is 6.09. The molecule has 0 unspecified atom stereocenters. The van der Waals surface area contributed by atoms with E-state index in [0.717, 1.165) is 39.5 Å². The third-order valence-corrected chi connectivity index (χ3v) is 4.57. The molecule has 4 heteroatoms. The molecule has 0 spiro atoms. The van der Waals surface area contributed by atoms with Gasteiger partial charge in [0.2, 0.25) is 0 Å². The Hall–Kier alpha value is -3.27. The first kappa shape index (κ1) is 16.2. The summed E-state index contributed by atoms with van der Waals surface area (Å²) >= 11 is 0. The molecular formula is C22H15F2NO. The van der Waals surface area contributed by atoms with Crippen LogP contribution in [0.1, 0.15) is 15.9 Å². The van der Waals surface area contributed by atoms with E-state index in [0.29, 0.717) is 0 Å². The minimum absolute atomic E-state index is 0.117. The van der Waals surface area contributed by atoms with Gasteiger partial charge in [-0.25, -0.2) is 8.78 Å². The molecular weight excluding hydrogens is 332 g/mol. The van der Waals surface area contributed by atoms with Gasteiger partial charge in [0.05, 0.1) is 0 Å². The highest BCUT2D eigenvalue weighted by atomic mass is 19.2. The fraction of sp³-hybridized carbons (Fsp3) is 0.0455. The van der Waals surface area contributed by atoms with Crippen LogP contribution in [0.25, 0.3) is 27.9 Å². The van der Waals surface area contributed by atoms with Gasteiger partial charge in [-0.3, -0.25) is 4.79 Å². The van der Waals surface area contributed by atoms with Gasteiger partial charge in [0.15, 0.2) is 17.4 Å². The molecule has 0 fully saturated rings. The average molecular weight is 347 g/mol. The molecule has 0 aliphatic rings. The lowest BCUT2D eigenvalue weighted by Crippen LogP contribution is -1.96. The summed E-state index contributed by atoms with van der Waals surface area (Å²) in [5, 5.41) is 2.25. The summed E-state index contributed by atoms with van der Waals surface area (Å²) < 4.78 is 28.4. The van der Waals surface area contributed by atoms with Crippen LogP contribution in [0.4, 0.5) is 8.78 Å². The number of allylic oxidation sites excluding steroid dienone is 1. The second-order valence-corrected chi connectivity index (χ2v) is 6.18. The van der Waals surface area contributed by atoms with E-state index >= 15 is 0 Å². The van der Waals surface area contributed by atoms with E-state index in [-0.39, 0.29) is 11.3 Å². The molecule has 3 aromatic carbocycles. The van der Waals surface area contributed by atoms with Crippen molar-refractivity contribution in [3.63, 3.8) is 0 Å². The number of para-hydroxylation sites is 1. The van der Waals surface area contributed by atoms with Gasteiger partial charge in [0.1, 0.15) is 0 Å². The fourth-order valence-electron chi connectivity index (χ4n) is 3.21. The van der Waals surface area contributed by atoms with Crippen molar-refractivity contribution in [1.82, 2.24) is 4.57 Å². The molecule has 0 radical (unpaired) electrons. The van der Waals surface area contributed by atoms with E-state index in [1.165, 1.54) is 12.1 Å². The van der Waals surface area contributed by atoms with Crippen LogP contribution in [-0.4, -0.2) is 10.4 Å². The number of aromatic nitrogens is 1. The molecule has 0 bridgehead atoms. The van der Waals surface area contributed by atoms with Crippen molar-refractivity contribution in [2.45, 2.75) is 0 Å². The molecule has 0 aliphatic carbocycles. The number of carbonyl (C=O) groups is 1. The molecule has 0 aliphatic heterocycles. The maximum Gasteiger partial charge on any atom is 0.185 e. The normalized spacial score (nSPS) is 11.7. The summed E-state index contributed by atoms with van der Waals surface area (Å²) in [7, 11) is 2.02. The molecule has 0 atom stereocenters. The molecule has 0 saturated heterocycles. The van der Waals surface area contributed by atoms with Gasteiger partial charge in [-0.1, -0.05) is 30.3 Å². The molecule has 0 N–H and O–H groups in total. The van der Waals surface area contributed by atoms with Crippen LogP contribution in [0.3, 0.4) is 0 Å². The van der Waals surface area contributed by atoms with Gasteiger partial charge in [-0.2, -0.15) is 0 Å². The van der Waals surface area contributed by atoms with Gasteiger partial charge in [-0.05, 0) is 48.0 Å². The van der Waals surface area contributed by atoms with Gasteiger partial charge < -0.3 is 4.57 Å². The highest BCUT2D eigenvalue weighted by Crippen LogP contribution is 2.29. The monoisotopic (exact) mass is 347 g/mol. The van der Waals surface area contributed by atoms with Crippen molar-refractivity contribution in [1.29, 1.82) is 0 Å². The summed E-state index contributed by atoms with van der Waals surface area (Å²) in [5.41, 5.74) is 3.23. The summed E-state index contributed by atoms with van der Waals surface area (Å²) in [6.45, 7) is 0. The van der Waals surface area contributed by atoms with E-state index in [4.69, 9.17) is 0 Å². The molecule has 26 heavy (non-hydrogen) atoms. The zero-order valence-corrected chi connectivity index (χ0v) is 14.0. The Bertz CT molecular complexity index is 1190. The number of hydrogen-bond donors (Lipinski definition) is 0. The van der Waals surface area contributed by atoms with Gasteiger partial charge >= 0.3 is 0 Å². The average Bonchev–Trinajstić information content (AvgIpc) is 2.94. The first-order valence-corrected chi connectivity index (χ1v) is 8.19. The first-order chi connectivity index (χ1) is 12.5. The molecule has 1 heterocycles. The Morgan fingerprint density at radius 2 is 1.65 bits per heavy atom. The van der Waals surface area contributed by atoms with Crippen LogP contribution in [-0.2, 0) is 7.05 Å². The van der Waals surface area contributed by atoms with E-state index in [2.05, 4.69) is 16.7 Å². The Morgan fingerprint density at radius 3 is 2.46 bits per heavy atom. The van der Waals surface area contributed by atoms with Gasteiger partial charge in [-0.15, -0.1) is 0 Å². The SMILES string of the molecule is Cn1c2ccccc2c2cc(/C=C/C(=O)c3ccc(F)c(F)c3)ccc21. The highest BCUT2D eigenvalue weighted by Gasteiger charge is 2.09. The molecule has 1 aromatic heterocycles. The molecule has 0 saturated carbocycles. The minimum atomic E-state index is -1.03. The van der Waals surface area contributed by atoms with Crippen molar-refractivity contribution in [2.24, 2.45) is 7.05 Å². The summed E-state index contributed by atoms with van der Waals surface area (Å²) in [5.74, 6) is -2.37. The lowest BCUT2D eigenvalue weighted by Gasteiger charge is -1.99. The molecule has 4 rings (SSSR count). The molecule has 4 aromatic rings. The quantitative estimate of drug-likeness (QED) is 0.354. The van der Waals surface area contributed by atoms with Crippen LogP contribution < -0.4 is 0 Å². The fourth-order valence-corrected chi connectivity index (χ4v) is 3.21. The van der Waals surface area contributed by atoms with Gasteiger partial charge in [0, 0.05) is 34.4 Å². The summed E-state index contributed by atoms with van der Waals surface area (Å²) in [4.78, 5) is 12.2. The van der Waals surface area contributed by atoms with E-state index < -0.39 is 11.6 Å². The first-order valence-electron chi connectivity index (χ1n) is 8.19. The maximum atomic E-state index is 13.3. The largest absolute Gasteiger partial charge is 0.344 e. The number of fused-ring (bicyclic) bond motifs is 3. The van der Waals surface area contributed by atoms with Crippen LogP contribution in [0.15, 0.2) is 66.7 Å². The number of halogens is 2. The number of ketones is 1. The second kappa shape index (κ2) is 6.23. The van der Waals surface area contributed by atoms with Crippen molar-refractivity contribution < 1.29 is 13.6 Å². The zero-order valence-electron chi connectivity index (χ0n) is 14.0. The predicted octanol–water partition coefficient (Wildman–Crippen LogP) is 5.51. The third kappa shape index (κ3) is 2.69. The number of hydrogen-bond acceptors (Lipinski definition) is 1. The Balaban J connectivity index is 1.70. The predicted molar refractivity (Wildman–Crippen MR) is 100 cm³/mol. The topological polar surface area (TPSA) is 22.0 Å². The smallest absolute Gasteiger partial charge is 0.185 e. The number of benzene rings is 3. The second-order valence-electron chi connectivity index (χ2n) is 6.18. The van der Waals surface area contributed by atoms with Crippen LogP contribution in [0, 0.1) is 11.6 Å².